The monoisotopic (exact) mass is 339 g/mol. The number of ether oxygens (including phenoxy) is 1. The van der Waals surface area contributed by atoms with Gasteiger partial charge in [-0.05, 0) is 50.1 Å². The molecule has 0 aliphatic heterocycles. The number of carbonyl (C=O) groups is 1. The predicted molar refractivity (Wildman–Crippen MR) is 91.1 cm³/mol. The number of benzene rings is 2. The maximum Gasteiger partial charge on any atom is 0.361 e. The van der Waals surface area contributed by atoms with Crippen LogP contribution >= 0.6 is 0 Å². The summed E-state index contributed by atoms with van der Waals surface area (Å²) in [6.45, 7) is 5.58. The number of hydrogen-bond donors (Lipinski definition) is 0. The minimum atomic E-state index is -0.628. The van der Waals surface area contributed by atoms with E-state index in [0.29, 0.717) is 11.3 Å². The molecule has 0 atom stereocenters. The van der Waals surface area contributed by atoms with Crippen LogP contribution in [-0.2, 0) is 11.3 Å². The van der Waals surface area contributed by atoms with E-state index in [1.165, 1.54) is 6.07 Å². The van der Waals surface area contributed by atoms with E-state index in [1.807, 2.05) is 26.0 Å². The molecule has 1 aromatic heterocycles. The Kier molecular flexibility index (Phi) is 4.61. The van der Waals surface area contributed by atoms with Gasteiger partial charge in [-0.1, -0.05) is 29.5 Å². The van der Waals surface area contributed by atoms with Gasteiger partial charge in [0.2, 0.25) is 0 Å². The summed E-state index contributed by atoms with van der Waals surface area (Å²) in [7, 11) is 0. The van der Waals surface area contributed by atoms with Crippen molar-refractivity contribution in [1.82, 2.24) is 15.0 Å². The number of hydrogen-bond acceptors (Lipinski definition) is 4. The van der Waals surface area contributed by atoms with Crippen LogP contribution in [0, 0.1) is 26.6 Å². The van der Waals surface area contributed by atoms with Crippen molar-refractivity contribution >= 4 is 5.97 Å². The molecule has 0 radical (unpaired) electrons. The molecule has 1 heterocycles. The van der Waals surface area contributed by atoms with Crippen LogP contribution in [0.3, 0.4) is 0 Å². The molecule has 0 unspecified atom stereocenters. The van der Waals surface area contributed by atoms with E-state index in [4.69, 9.17) is 4.74 Å². The highest BCUT2D eigenvalue weighted by atomic mass is 19.1. The summed E-state index contributed by atoms with van der Waals surface area (Å²) in [5.74, 6) is -1.04. The highest BCUT2D eigenvalue weighted by Crippen LogP contribution is 2.17. The van der Waals surface area contributed by atoms with Gasteiger partial charge in [0, 0.05) is 5.56 Å². The Morgan fingerprint density at radius 1 is 1.12 bits per heavy atom. The van der Waals surface area contributed by atoms with Gasteiger partial charge in [-0.15, -0.1) is 5.10 Å². The molecule has 3 rings (SSSR count). The van der Waals surface area contributed by atoms with E-state index in [9.17, 15) is 9.18 Å². The van der Waals surface area contributed by atoms with E-state index in [-0.39, 0.29) is 12.3 Å². The molecule has 0 saturated heterocycles. The van der Waals surface area contributed by atoms with Gasteiger partial charge in [0.05, 0.1) is 11.4 Å². The summed E-state index contributed by atoms with van der Waals surface area (Å²) >= 11 is 0. The number of rotatable bonds is 4. The maximum absolute atomic E-state index is 13.6. The molecule has 3 aromatic rings. The van der Waals surface area contributed by atoms with Gasteiger partial charge >= 0.3 is 5.97 Å². The quantitative estimate of drug-likeness (QED) is 0.680. The van der Waals surface area contributed by atoms with Gasteiger partial charge in [0.25, 0.3) is 0 Å². The van der Waals surface area contributed by atoms with Gasteiger partial charge in [-0.25, -0.2) is 13.9 Å². The lowest BCUT2D eigenvalue weighted by atomic mass is 10.1. The molecule has 0 N–H and O–H groups in total. The second kappa shape index (κ2) is 6.84. The average molecular weight is 339 g/mol. The molecule has 5 nitrogen and oxygen atoms in total. The molecule has 2 aromatic carbocycles. The molecule has 6 heteroatoms. The van der Waals surface area contributed by atoms with Crippen molar-refractivity contribution in [2.75, 3.05) is 0 Å². The van der Waals surface area contributed by atoms with Crippen molar-refractivity contribution in [3.63, 3.8) is 0 Å². The van der Waals surface area contributed by atoms with Crippen molar-refractivity contribution in [1.29, 1.82) is 0 Å². The van der Waals surface area contributed by atoms with Crippen molar-refractivity contribution in [3.05, 3.63) is 76.4 Å². The zero-order valence-electron chi connectivity index (χ0n) is 14.3. The topological polar surface area (TPSA) is 57.0 Å². The van der Waals surface area contributed by atoms with Gasteiger partial charge in [0.15, 0.2) is 5.69 Å². The highest BCUT2D eigenvalue weighted by Gasteiger charge is 2.19. The summed E-state index contributed by atoms with van der Waals surface area (Å²) in [6.07, 6.45) is 0. The fourth-order valence-corrected chi connectivity index (χ4v) is 2.66. The van der Waals surface area contributed by atoms with Crippen LogP contribution in [0.4, 0.5) is 4.39 Å². The van der Waals surface area contributed by atoms with Crippen LogP contribution in [0.25, 0.3) is 5.69 Å². The van der Waals surface area contributed by atoms with Crippen molar-refractivity contribution in [3.8, 4) is 5.69 Å². The Morgan fingerprint density at radius 2 is 1.80 bits per heavy atom. The molecule has 0 saturated carbocycles. The molecule has 0 aliphatic rings. The van der Waals surface area contributed by atoms with E-state index in [0.717, 1.165) is 16.8 Å². The minimum absolute atomic E-state index is 0.121. The maximum atomic E-state index is 13.6. The van der Waals surface area contributed by atoms with Crippen LogP contribution in [-0.4, -0.2) is 21.0 Å². The molecular formula is C19H18FN3O2. The zero-order chi connectivity index (χ0) is 18.0. The Bertz CT molecular complexity index is 914. The lowest BCUT2D eigenvalue weighted by Crippen LogP contribution is -2.09. The summed E-state index contributed by atoms with van der Waals surface area (Å²) < 4.78 is 20.4. The summed E-state index contributed by atoms with van der Waals surface area (Å²) in [5, 5.41) is 7.98. The molecular weight excluding hydrogens is 321 g/mol. The van der Waals surface area contributed by atoms with Crippen molar-refractivity contribution < 1.29 is 13.9 Å². The lowest BCUT2D eigenvalue weighted by molar-refractivity contribution is 0.0461. The number of halogens is 1. The second-order valence-corrected chi connectivity index (χ2v) is 5.95. The van der Waals surface area contributed by atoms with Crippen LogP contribution < -0.4 is 0 Å². The largest absolute Gasteiger partial charge is 0.456 e. The molecule has 25 heavy (non-hydrogen) atoms. The van der Waals surface area contributed by atoms with E-state index in [1.54, 1.807) is 29.8 Å². The average Bonchev–Trinajstić information content (AvgIpc) is 2.94. The van der Waals surface area contributed by atoms with Crippen molar-refractivity contribution in [2.24, 2.45) is 0 Å². The standard InChI is InChI=1S/C19H18FN3O2/c1-12-8-13(2)10-16(9-12)23-14(3)18(21-22-23)19(24)25-11-15-6-4-5-7-17(15)20/h4-10H,11H2,1-3H3. The third kappa shape index (κ3) is 3.57. The smallest absolute Gasteiger partial charge is 0.361 e. The van der Waals surface area contributed by atoms with Crippen LogP contribution in [0.2, 0.25) is 0 Å². The van der Waals surface area contributed by atoms with E-state index < -0.39 is 11.8 Å². The fourth-order valence-electron chi connectivity index (χ4n) is 2.66. The number of aromatic nitrogens is 3. The molecule has 0 bridgehead atoms. The van der Waals surface area contributed by atoms with Gasteiger partial charge in [-0.2, -0.15) is 0 Å². The fraction of sp³-hybridized carbons (Fsp3) is 0.211. The van der Waals surface area contributed by atoms with Crippen LogP contribution in [0.15, 0.2) is 42.5 Å². The predicted octanol–water partition coefficient (Wildman–Crippen LogP) is 3.69. The molecule has 0 spiro atoms. The normalized spacial score (nSPS) is 10.7. The number of nitrogens with zero attached hydrogens (tertiary/aromatic N) is 3. The van der Waals surface area contributed by atoms with Gasteiger partial charge in [0.1, 0.15) is 12.4 Å². The number of carbonyl (C=O) groups excluding carboxylic acids is 1. The number of esters is 1. The summed E-state index contributed by atoms with van der Waals surface area (Å²) in [4.78, 5) is 12.3. The first-order chi connectivity index (χ1) is 12.0. The first-order valence-corrected chi connectivity index (χ1v) is 7.87. The van der Waals surface area contributed by atoms with E-state index in [2.05, 4.69) is 16.4 Å². The Hall–Kier alpha value is -3.02. The third-order valence-electron chi connectivity index (χ3n) is 3.86. The van der Waals surface area contributed by atoms with Gasteiger partial charge in [-0.3, -0.25) is 0 Å². The molecule has 0 aliphatic carbocycles. The molecule has 128 valence electrons. The molecule has 0 fully saturated rings. The first kappa shape index (κ1) is 16.8. The van der Waals surface area contributed by atoms with Gasteiger partial charge < -0.3 is 4.74 Å². The molecule has 0 amide bonds. The second-order valence-electron chi connectivity index (χ2n) is 5.95. The highest BCUT2D eigenvalue weighted by molar-refractivity contribution is 5.88. The van der Waals surface area contributed by atoms with Crippen LogP contribution in [0.1, 0.15) is 32.9 Å². The minimum Gasteiger partial charge on any atom is -0.456 e. The van der Waals surface area contributed by atoms with Crippen LogP contribution in [0.5, 0.6) is 0 Å². The Morgan fingerprint density at radius 3 is 2.48 bits per heavy atom. The summed E-state index contributed by atoms with van der Waals surface area (Å²) in [5.41, 5.74) is 4.02. The summed E-state index contributed by atoms with van der Waals surface area (Å²) in [6, 6.07) is 12.1. The van der Waals surface area contributed by atoms with E-state index >= 15 is 0 Å². The third-order valence-corrected chi connectivity index (χ3v) is 3.86. The Balaban J connectivity index is 1.81. The Labute approximate surface area is 145 Å². The lowest BCUT2D eigenvalue weighted by Gasteiger charge is -2.07. The van der Waals surface area contributed by atoms with Crippen molar-refractivity contribution in [2.45, 2.75) is 27.4 Å². The first-order valence-electron chi connectivity index (χ1n) is 7.87. The zero-order valence-corrected chi connectivity index (χ0v) is 14.3. The number of aryl methyl sites for hydroxylation is 2. The SMILES string of the molecule is Cc1cc(C)cc(-n2nnc(C(=O)OCc3ccccc3F)c2C)c1.